The second kappa shape index (κ2) is 8.48. The maximum Gasteiger partial charge on any atom is 0.319 e. The number of hydrogen-bond donors (Lipinski definition) is 3. The Morgan fingerprint density at radius 1 is 1.24 bits per heavy atom. The van der Waals surface area contributed by atoms with E-state index >= 15 is 0 Å². The van der Waals surface area contributed by atoms with E-state index in [-0.39, 0.29) is 5.02 Å². The molecule has 0 bridgehead atoms. The number of nitrogens with one attached hydrogen (secondary N) is 3. The van der Waals surface area contributed by atoms with Crippen LogP contribution in [-0.4, -0.2) is 43.2 Å². The van der Waals surface area contributed by atoms with Gasteiger partial charge in [0, 0.05) is 44.6 Å². The van der Waals surface area contributed by atoms with Crippen LogP contribution in [0.2, 0.25) is 5.02 Å². The Balaban J connectivity index is 1.79. The molecule has 25 heavy (non-hydrogen) atoms. The summed E-state index contributed by atoms with van der Waals surface area (Å²) in [6.07, 6.45) is 0. The summed E-state index contributed by atoms with van der Waals surface area (Å²) in [6.45, 7) is 2.70. The highest BCUT2D eigenvalue weighted by molar-refractivity contribution is 6.31. The molecule has 0 saturated heterocycles. The van der Waals surface area contributed by atoms with Crippen LogP contribution in [0.15, 0.2) is 24.3 Å². The largest absolute Gasteiger partial charge is 0.363 e. The molecule has 2 amide bonds. The average molecular weight is 367 g/mol. The first-order valence-electron chi connectivity index (χ1n) is 7.62. The molecule has 0 aliphatic carbocycles. The Morgan fingerprint density at radius 3 is 2.68 bits per heavy atom. The molecular weight excluding hydrogens is 347 g/mol. The number of aromatic nitrogens is 2. The molecule has 0 atom stereocenters. The van der Waals surface area contributed by atoms with Crippen molar-refractivity contribution in [2.24, 2.45) is 0 Å². The van der Waals surface area contributed by atoms with Gasteiger partial charge in [0.1, 0.15) is 11.6 Å². The van der Waals surface area contributed by atoms with Crippen molar-refractivity contribution in [2.45, 2.75) is 6.92 Å². The Morgan fingerprint density at radius 2 is 2.00 bits per heavy atom. The number of anilines is 3. The molecule has 0 unspecified atom stereocenters. The number of nitrogens with zero attached hydrogens (tertiary/aromatic N) is 3. The number of carbonyl (C=O) groups excluding carboxylic acids is 1. The number of urea groups is 1. The highest BCUT2D eigenvalue weighted by Crippen LogP contribution is 2.19. The summed E-state index contributed by atoms with van der Waals surface area (Å²) in [4.78, 5) is 22.3. The Kier molecular flexibility index (Phi) is 6.35. The van der Waals surface area contributed by atoms with Crippen molar-refractivity contribution in [1.29, 1.82) is 0 Å². The fraction of sp³-hybridized carbons (Fsp3) is 0.312. The third kappa shape index (κ3) is 5.75. The van der Waals surface area contributed by atoms with Crippen LogP contribution in [-0.2, 0) is 0 Å². The quantitative estimate of drug-likeness (QED) is 0.685. The minimum Gasteiger partial charge on any atom is -0.363 e. The van der Waals surface area contributed by atoms with Crippen molar-refractivity contribution < 1.29 is 9.18 Å². The molecule has 2 aromatic rings. The fourth-order valence-electron chi connectivity index (χ4n) is 1.96. The normalized spacial score (nSPS) is 10.3. The van der Waals surface area contributed by atoms with E-state index in [1.807, 2.05) is 32.0 Å². The van der Waals surface area contributed by atoms with E-state index in [1.54, 1.807) is 0 Å². The van der Waals surface area contributed by atoms with Gasteiger partial charge in [-0.3, -0.25) is 0 Å². The zero-order valence-corrected chi connectivity index (χ0v) is 15.0. The zero-order chi connectivity index (χ0) is 18.4. The van der Waals surface area contributed by atoms with E-state index < -0.39 is 11.8 Å². The van der Waals surface area contributed by atoms with E-state index in [0.29, 0.717) is 24.7 Å². The van der Waals surface area contributed by atoms with Crippen molar-refractivity contribution in [3.63, 3.8) is 0 Å². The molecule has 2 rings (SSSR count). The lowest BCUT2D eigenvalue weighted by molar-refractivity contribution is 0.252. The first-order valence-corrected chi connectivity index (χ1v) is 8.00. The van der Waals surface area contributed by atoms with Crippen molar-refractivity contribution in [1.82, 2.24) is 15.3 Å². The minimum absolute atomic E-state index is 0.0484. The van der Waals surface area contributed by atoms with Gasteiger partial charge >= 0.3 is 6.03 Å². The first kappa shape index (κ1) is 18.7. The number of aryl methyl sites for hydroxylation is 1. The Labute approximate surface area is 150 Å². The van der Waals surface area contributed by atoms with Crippen LogP contribution in [0.25, 0.3) is 0 Å². The molecule has 1 aromatic carbocycles. The maximum atomic E-state index is 13.1. The van der Waals surface area contributed by atoms with Gasteiger partial charge in [-0.1, -0.05) is 11.6 Å². The van der Waals surface area contributed by atoms with E-state index in [2.05, 4.69) is 25.9 Å². The number of hydrogen-bond acceptors (Lipinski definition) is 5. The summed E-state index contributed by atoms with van der Waals surface area (Å²) in [5.41, 5.74) is 1.26. The van der Waals surface area contributed by atoms with Crippen LogP contribution < -0.4 is 20.9 Å². The highest BCUT2D eigenvalue weighted by atomic mass is 35.5. The van der Waals surface area contributed by atoms with Gasteiger partial charge in [0.25, 0.3) is 0 Å². The van der Waals surface area contributed by atoms with Crippen LogP contribution in [0.5, 0.6) is 0 Å². The van der Waals surface area contributed by atoms with Crippen LogP contribution >= 0.6 is 11.6 Å². The number of halogens is 2. The van der Waals surface area contributed by atoms with Crippen LogP contribution in [0.1, 0.15) is 5.69 Å². The summed E-state index contributed by atoms with van der Waals surface area (Å²) < 4.78 is 13.1. The lowest BCUT2D eigenvalue weighted by atomic mass is 10.3. The van der Waals surface area contributed by atoms with Crippen molar-refractivity contribution >= 4 is 35.1 Å². The van der Waals surface area contributed by atoms with Gasteiger partial charge in [0.2, 0.25) is 5.95 Å². The minimum atomic E-state index is -0.535. The maximum absolute atomic E-state index is 13.1. The van der Waals surface area contributed by atoms with E-state index in [4.69, 9.17) is 11.6 Å². The smallest absolute Gasteiger partial charge is 0.319 e. The van der Waals surface area contributed by atoms with E-state index in [1.165, 1.54) is 18.2 Å². The lowest BCUT2D eigenvalue weighted by Gasteiger charge is -2.14. The molecule has 0 fully saturated rings. The number of rotatable bonds is 6. The standard InChI is InChI=1S/C16H20ClFN6O/c1-10-8-14(24(2)3)23-15(21-10)19-6-7-20-16(25)22-11-4-5-13(18)12(17)9-11/h4-5,8-9H,6-7H2,1-3H3,(H,19,21,23)(H2,20,22,25). The molecule has 0 aliphatic heterocycles. The summed E-state index contributed by atoms with van der Waals surface area (Å²) in [7, 11) is 3.80. The average Bonchev–Trinajstić information content (AvgIpc) is 2.54. The Bertz CT molecular complexity index is 755. The highest BCUT2D eigenvalue weighted by Gasteiger charge is 2.06. The Hall–Kier alpha value is -2.61. The predicted octanol–water partition coefficient (Wildman–Crippen LogP) is 2.88. The molecule has 1 heterocycles. The fourth-order valence-corrected chi connectivity index (χ4v) is 2.14. The van der Waals surface area contributed by atoms with Crippen LogP contribution in [0, 0.1) is 12.7 Å². The molecule has 3 N–H and O–H groups in total. The summed E-state index contributed by atoms with van der Waals surface area (Å²) in [5.74, 6) is 0.761. The monoisotopic (exact) mass is 366 g/mol. The summed E-state index contributed by atoms with van der Waals surface area (Å²) in [5, 5.41) is 8.25. The SMILES string of the molecule is Cc1cc(N(C)C)nc(NCCNC(=O)Nc2ccc(F)c(Cl)c2)n1. The van der Waals surface area contributed by atoms with E-state index in [0.717, 1.165) is 11.5 Å². The molecular formula is C16H20ClFN6O. The molecule has 0 radical (unpaired) electrons. The molecule has 0 aliphatic rings. The molecule has 0 saturated carbocycles. The summed E-state index contributed by atoms with van der Waals surface area (Å²) >= 11 is 5.67. The van der Waals surface area contributed by atoms with Gasteiger partial charge in [-0.05, 0) is 25.1 Å². The molecule has 9 heteroatoms. The topological polar surface area (TPSA) is 82.2 Å². The van der Waals surface area contributed by atoms with Crippen LogP contribution in [0.3, 0.4) is 0 Å². The van der Waals surface area contributed by atoms with Gasteiger partial charge in [-0.2, -0.15) is 4.98 Å². The van der Waals surface area contributed by atoms with Gasteiger partial charge in [0.05, 0.1) is 5.02 Å². The van der Waals surface area contributed by atoms with E-state index in [9.17, 15) is 9.18 Å². The second-order valence-corrected chi connectivity index (χ2v) is 5.93. The second-order valence-electron chi connectivity index (χ2n) is 5.52. The van der Waals surface area contributed by atoms with Crippen molar-refractivity contribution in [3.05, 3.63) is 40.8 Å². The van der Waals surface area contributed by atoms with Gasteiger partial charge in [0.15, 0.2) is 0 Å². The van der Waals surface area contributed by atoms with Crippen LogP contribution in [0.4, 0.5) is 26.6 Å². The third-order valence-corrected chi connectivity index (χ3v) is 3.46. The third-order valence-electron chi connectivity index (χ3n) is 3.17. The molecule has 134 valence electrons. The van der Waals surface area contributed by atoms with Gasteiger partial charge in [-0.25, -0.2) is 14.2 Å². The number of amides is 2. The number of carbonyl (C=O) groups is 1. The van der Waals surface area contributed by atoms with Crippen molar-refractivity contribution in [2.75, 3.05) is 42.7 Å². The zero-order valence-electron chi connectivity index (χ0n) is 14.2. The lowest BCUT2D eigenvalue weighted by Crippen LogP contribution is -2.32. The number of benzene rings is 1. The molecule has 0 spiro atoms. The predicted molar refractivity (Wildman–Crippen MR) is 98.0 cm³/mol. The summed E-state index contributed by atoms with van der Waals surface area (Å²) in [6, 6.07) is 5.44. The molecule has 1 aromatic heterocycles. The van der Waals surface area contributed by atoms with Gasteiger partial charge in [-0.15, -0.1) is 0 Å². The first-order chi connectivity index (χ1) is 11.8. The van der Waals surface area contributed by atoms with Crippen molar-refractivity contribution in [3.8, 4) is 0 Å². The molecule has 7 nitrogen and oxygen atoms in total. The van der Waals surface area contributed by atoms with Gasteiger partial charge < -0.3 is 20.9 Å².